The molecule has 1 aliphatic rings. The molecule has 0 saturated carbocycles. The summed E-state index contributed by atoms with van der Waals surface area (Å²) in [6.45, 7) is 5.36. The molecule has 35 heavy (non-hydrogen) atoms. The molecule has 2 aromatic carbocycles. The summed E-state index contributed by atoms with van der Waals surface area (Å²) in [6.07, 6.45) is 3.74. The van der Waals surface area contributed by atoms with E-state index in [2.05, 4.69) is 4.98 Å². The molecule has 1 fully saturated rings. The lowest BCUT2D eigenvalue weighted by Crippen LogP contribution is -2.48. The molecule has 1 amide bonds. The van der Waals surface area contributed by atoms with Crippen molar-refractivity contribution in [3.63, 3.8) is 0 Å². The van der Waals surface area contributed by atoms with Gasteiger partial charge in [0.25, 0.3) is 5.91 Å². The summed E-state index contributed by atoms with van der Waals surface area (Å²) in [7, 11) is 1.56. The normalized spacial score (nSPS) is 18.9. The standard InChI is InChI=1S/C26H27F2N3O4/c1-15-12-30(14-29-15)22-8-5-18(9-23(22)34-4)10-24-26(33)31(13-16(2)35-24)25(17(3)32)19-6-7-20(27)21(28)11-19/h5-12,14,16-17,25,32H,13H2,1-4H3/b24-10-/t16-,17+,25-/m0/s1. The number of nitrogens with zero attached hydrogens (tertiary/aromatic N) is 3. The molecular formula is C26H27F2N3O4. The second kappa shape index (κ2) is 9.87. The molecule has 2 heterocycles. The molecule has 0 aliphatic carbocycles. The van der Waals surface area contributed by atoms with Gasteiger partial charge in [0.2, 0.25) is 0 Å². The second-order valence-electron chi connectivity index (χ2n) is 8.61. The van der Waals surface area contributed by atoms with Gasteiger partial charge in [-0.3, -0.25) is 4.79 Å². The zero-order valence-corrected chi connectivity index (χ0v) is 19.9. The maximum absolute atomic E-state index is 13.9. The summed E-state index contributed by atoms with van der Waals surface area (Å²) in [6, 6.07) is 7.93. The smallest absolute Gasteiger partial charge is 0.289 e. The number of morpholine rings is 1. The monoisotopic (exact) mass is 483 g/mol. The Bertz CT molecular complexity index is 1270. The van der Waals surface area contributed by atoms with Crippen LogP contribution < -0.4 is 4.74 Å². The quantitative estimate of drug-likeness (QED) is 0.533. The zero-order valence-electron chi connectivity index (χ0n) is 19.9. The molecule has 0 bridgehead atoms. The van der Waals surface area contributed by atoms with Gasteiger partial charge in [-0.05, 0) is 62.2 Å². The lowest BCUT2D eigenvalue weighted by atomic mass is 9.98. The molecule has 3 atom stereocenters. The molecule has 1 aromatic heterocycles. The van der Waals surface area contributed by atoms with Gasteiger partial charge in [-0.15, -0.1) is 0 Å². The first kappa shape index (κ1) is 24.4. The summed E-state index contributed by atoms with van der Waals surface area (Å²) < 4.78 is 40.6. The van der Waals surface area contributed by atoms with E-state index in [0.717, 1.165) is 23.5 Å². The molecule has 1 N–H and O–H groups in total. The number of amides is 1. The van der Waals surface area contributed by atoms with E-state index in [9.17, 15) is 18.7 Å². The van der Waals surface area contributed by atoms with Crippen LogP contribution in [-0.2, 0) is 9.53 Å². The number of hydrogen-bond donors (Lipinski definition) is 1. The topological polar surface area (TPSA) is 76.8 Å². The van der Waals surface area contributed by atoms with Gasteiger partial charge in [-0.25, -0.2) is 13.8 Å². The van der Waals surface area contributed by atoms with Crippen LogP contribution in [0.25, 0.3) is 11.8 Å². The lowest BCUT2D eigenvalue weighted by Gasteiger charge is -2.39. The summed E-state index contributed by atoms with van der Waals surface area (Å²) in [5, 5.41) is 10.5. The van der Waals surface area contributed by atoms with Gasteiger partial charge in [0.05, 0.1) is 43.5 Å². The number of carbonyl (C=O) groups is 1. The van der Waals surface area contributed by atoms with Crippen molar-refractivity contribution < 1.29 is 28.2 Å². The Morgan fingerprint density at radius 3 is 2.63 bits per heavy atom. The molecule has 4 rings (SSSR count). The summed E-state index contributed by atoms with van der Waals surface area (Å²) in [5.41, 5.74) is 2.61. The van der Waals surface area contributed by atoms with E-state index >= 15 is 0 Å². The van der Waals surface area contributed by atoms with Crippen LogP contribution in [0.3, 0.4) is 0 Å². The number of ether oxygens (including phenoxy) is 2. The van der Waals surface area contributed by atoms with Crippen LogP contribution in [0.5, 0.6) is 5.75 Å². The maximum atomic E-state index is 13.9. The number of aliphatic hydroxyl groups is 1. The minimum absolute atomic E-state index is 0.0743. The maximum Gasteiger partial charge on any atom is 0.289 e. The van der Waals surface area contributed by atoms with Crippen molar-refractivity contribution in [2.45, 2.75) is 39.0 Å². The Labute approximate surface area is 202 Å². The van der Waals surface area contributed by atoms with Crippen molar-refractivity contribution >= 4 is 12.0 Å². The Morgan fingerprint density at radius 2 is 2.00 bits per heavy atom. The number of carbonyl (C=O) groups excluding carboxylic acids is 1. The van der Waals surface area contributed by atoms with Crippen LogP contribution in [0.4, 0.5) is 8.78 Å². The van der Waals surface area contributed by atoms with Gasteiger partial charge < -0.3 is 24.0 Å². The number of aliphatic hydroxyl groups excluding tert-OH is 1. The van der Waals surface area contributed by atoms with Crippen LogP contribution in [0.2, 0.25) is 0 Å². The predicted octanol–water partition coefficient (Wildman–Crippen LogP) is 4.18. The van der Waals surface area contributed by atoms with Crippen molar-refractivity contribution in [1.82, 2.24) is 14.5 Å². The number of benzene rings is 2. The molecular weight excluding hydrogens is 456 g/mol. The third-order valence-corrected chi connectivity index (χ3v) is 5.82. The first-order valence-electron chi connectivity index (χ1n) is 11.2. The van der Waals surface area contributed by atoms with Crippen molar-refractivity contribution in [2.24, 2.45) is 0 Å². The summed E-state index contributed by atoms with van der Waals surface area (Å²) in [4.78, 5) is 19.1. The number of halogens is 2. The highest BCUT2D eigenvalue weighted by atomic mass is 19.2. The number of methoxy groups -OCH3 is 1. The Kier molecular flexibility index (Phi) is 6.88. The first-order chi connectivity index (χ1) is 16.7. The molecule has 1 saturated heterocycles. The summed E-state index contributed by atoms with van der Waals surface area (Å²) >= 11 is 0. The van der Waals surface area contributed by atoms with E-state index < -0.39 is 29.7 Å². The van der Waals surface area contributed by atoms with E-state index in [1.807, 2.05) is 29.8 Å². The van der Waals surface area contributed by atoms with Crippen LogP contribution >= 0.6 is 0 Å². The van der Waals surface area contributed by atoms with E-state index in [1.165, 1.54) is 17.9 Å². The van der Waals surface area contributed by atoms with Crippen molar-refractivity contribution in [2.75, 3.05) is 13.7 Å². The second-order valence-corrected chi connectivity index (χ2v) is 8.61. The fourth-order valence-electron chi connectivity index (χ4n) is 4.26. The highest BCUT2D eigenvalue weighted by molar-refractivity contribution is 5.97. The Hall–Kier alpha value is -3.72. The van der Waals surface area contributed by atoms with Crippen LogP contribution in [0.1, 0.15) is 36.7 Å². The van der Waals surface area contributed by atoms with Crippen LogP contribution in [0, 0.1) is 18.6 Å². The first-order valence-corrected chi connectivity index (χ1v) is 11.2. The minimum Gasteiger partial charge on any atom is -0.495 e. The van der Waals surface area contributed by atoms with E-state index in [0.29, 0.717) is 16.9 Å². The predicted molar refractivity (Wildman–Crippen MR) is 126 cm³/mol. The number of hydrogen-bond acceptors (Lipinski definition) is 5. The molecule has 9 heteroatoms. The van der Waals surface area contributed by atoms with Crippen molar-refractivity contribution in [3.8, 4) is 11.4 Å². The van der Waals surface area contributed by atoms with Gasteiger partial charge in [0, 0.05) is 6.20 Å². The largest absolute Gasteiger partial charge is 0.495 e. The highest BCUT2D eigenvalue weighted by Crippen LogP contribution is 2.32. The number of imidazole rings is 1. The average Bonchev–Trinajstić information content (AvgIpc) is 3.25. The summed E-state index contributed by atoms with van der Waals surface area (Å²) in [5.74, 6) is -1.85. The van der Waals surface area contributed by atoms with Crippen molar-refractivity contribution in [3.05, 3.63) is 83.1 Å². The van der Waals surface area contributed by atoms with Crippen LogP contribution in [0.15, 0.2) is 54.7 Å². The molecule has 184 valence electrons. The van der Waals surface area contributed by atoms with E-state index in [4.69, 9.17) is 9.47 Å². The number of aryl methyl sites for hydroxylation is 1. The molecule has 0 radical (unpaired) electrons. The minimum atomic E-state index is -1.04. The lowest BCUT2D eigenvalue weighted by molar-refractivity contribution is -0.145. The van der Waals surface area contributed by atoms with Gasteiger partial charge in [0.1, 0.15) is 11.9 Å². The number of aromatic nitrogens is 2. The highest BCUT2D eigenvalue weighted by Gasteiger charge is 2.37. The van der Waals surface area contributed by atoms with Crippen molar-refractivity contribution in [1.29, 1.82) is 0 Å². The Morgan fingerprint density at radius 1 is 1.23 bits per heavy atom. The molecule has 7 nitrogen and oxygen atoms in total. The zero-order chi connectivity index (χ0) is 25.3. The SMILES string of the molecule is COc1cc(/C=C2\O[C@@H](C)CN([C@H](c3ccc(F)c(F)c3)[C@@H](C)O)C2=O)ccc1-n1cnc(C)c1. The van der Waals surface area contributed by atoms with E-state index in [1.54, 1.807) is 32.5 Å². The van der Waals surface area contributed by atoms with Crippen LogP contribution in [-0.4, -0.2) is 51.3 Å². The Balaban J connectivity index is 1.68. The fraction of sp³-hybridized carbons (Fsp3) is 0.308. The van der Waals surface area contributed by atoms with Gasteiger partial charge in [-0.1, -0.05) is 12.1 Å². The molecule has 0 unspecified atom stereocenters. The average molecular weight is 484 g/mol. The third-order valence-electron chi connectivity index (χ3n) is 5.82. The van der Waals surface area contributed by atoms with Gasteiger partial charge in [-0.2, -0.15) is 0 Å². The third kappa shape index (κ3) is 5.05. The van der Waals surface area contributed by atoms with Gasteiger partial charge in [0.15, 0.2) is 17.4 Å². The molecule has 3 aromatic rings. The fourth-order valence-corrected chi connectivity index (χ4v) is 4.26. The van der Waals surface area contributed by atoms with E-state index in [-0.39, 0.29) is 18.4 Å². The molecule has 1 aliphatic heterocycles. The number of rotatable bonds is 6. The molecule has 0 spiro atoms. The van der Waals surface area contributed by atoms with Gasteiger partial charge >= 0.3 is 0 Å².